The summed E-state index contributed by atoms with van der Waals surface area (Å²) < 4.78 is 28.3. The van der Waals surface area contributed by atoms with Crippen LogP contribution in [0.15, 0.2) is 59.5 Å². The molecule has 0 unspecified atom stereocenters. The van der Waals surface area contributed by atoms with Crippen LogP contribution in [0.1, 0.15) is 43.0 Å². The number of ketones is 2. The van der Waals surface area contributed by atoms with Gasteiger partial charge in [0.05, 0.1) is 21.7 Å². The Labute approximate surface area is 168 Å². The van der Waals surface area contributed by atoms with Crippen molar-refractivity contribution < 1.29 is 18.0 Å². The number of aryl methyl sites for hydroxylation is 2. The molecule has 0 aromatic heterocycles. The highest BCUT2D eigenvalue weighted by atomic mass is 32.2. The number of hydrogen-bond donors (Lipinski definition) is 2. The minimum absolute atomic E-state index is 0.0208. The highest BCUT2D eigenvalue weighted by Gasteiger charge is 2.35. The summed E-state index contributed by atoms with van der Waals surface area (Å²) in [7, 11) is -3.97. The molecule has 146 valence electrons. The maximum atomic E-state index is 13.2. The first kappa shape index (κ1) is 18.9. The van der Waals surface area contributed by atoms with Gasteiger partial charge in [-0.15, -0.1) is 0 Å². The van der Waals surface area contributed by atoms with Crippen molar-refractivity contribution in [1.82, 2.24) is 0 Å². The van der Waals surface area contributed by atoms with Crippen molar-refractivity contribution in [2.24, 2.45) is 0 Å². The number of benzene rings is 3. The van der Waals surface area contributed by atoms with E-state index in [-0.39, 0.29) is 38.5 Å². The molecule has 3 aromatic rings. The van der Waals surface area contributed by atoms with Crippen molar-refractivity contribution in [2.45, 2.75) is 18.7 Å². The number of carbonyl (C=O) groups excluding carboxylic acids is 2. The van der Waals surface area contributed by atoms with Gasteiger partial charge in [-0.25, -0.2) is 8.42 Å². The summed E-state index contributed by atoms with van der Waals surface area (Å²) in [6.45, 7) is 3.52. The zero-order valence-electron chi connectivity index (χ0n) is 15.8. The highest BCUT2D eigenvalue weighted by molar-refractivity contribution is 7.92. The second-order valence-corrected chi connectivity index (χ2v) is 8.71. The monoisotopic (exact) mass is 406 g/mol. The van der Waals surface area contributed by atoms with Crippen LogP contribution in [0.3, 0.4) is 0 Å². The third-order valence-corrected chi connectivity index (χ3v) is 6.40. The van der Waals surface area contributed by atoms with Gasteiger partial charge in [-0.3, -0.25) is 14.3 Å². The number of rotatable bonds is 3. The first-order valence-electron chi connectivity index (χ1n) is 8.91. The Kier molecular flexibility index (Phi) is 4.28. The van der Waals surface area contributed by atoms with Crippen molar-refractivity contribution >= 4 is 33.0 Å². The summed E-state index contributed by atoms with van der Waals surface area (Å²) in [5, 5.41) is 0. The Morgan fingerprint density at radius 1 is 0.828 bits per heavy atom. The fourth-order valence-electron chi connectivity index (χ4n) is 3.45. The van der Waals surface area contributed by atoms with E-state index in [1.165, 1.54) is 18.2 Å². The largest absolute Gasteiger partial charge is 0.398 e. The summed E-state index contributed by atoms with van der Waals surface area (Å²) in [5.74, 6) is -0.837. The fourth-order valence-corrected chi connectivity index (χ4v) is 4.52. The van der Waals surface area contributed by atoms with Crippen molar-refractivity contribution in [3.8, 4) is 0 Å². The van der Waals surface area contributed by atoms with Crippen LogP contribution in [0.25, 0.3) is 0 Å². The van der Waals surface area contributed by atoms with Crippen LogP contribution in [0.4, 0.5) is 11.4 Å². The van der Waals surface area contributed by atoms with Crippen molar-refractivity contribution in [1.29, 1.82) is 0 Å². The van der Waals surface area contributed by atoms with Gasteiger partial charge in [0.15, 0.2) is 11.6 Å². The van der Waals surface area contributed by atoms with Crippen molar-refractivity contribution in [2.75, 3.05) is 10.5 Å². The van der Waals surface area contributed by atoms with Crippen LogP contribution in [-0.2, 0) is 10.0 Å². The Morgan fingerprint density at radius 3 is 1.97 bits per heavy atom. The highest BCUT2D eigenvalue weighted by Crippen LogP contribution is 2.38. The molecular formula is C22H18N2O4S. The minimum atomic E-state index is -3.97. The van der Waals surface area contributed by atoms with Crippen molar-refractivity contribution in [3.05, 3.63) is 88.0 Å². The smallest absolute Gasteiger partial charge is 0.261 e. The number of nitrogen functional groups attached to an aromatic ring is 1. The lowest BCUT2D eigenvalue weighted by molar-refractivity contribution is 0.0980. The van der Waals surface area contributed by atoms with E-state index in [0.29, 0.717) is 5.56 Å². The van der Waals surface area contributed by atoms with E-state index >= 15 is 0 Å². The van der Waals surface area contributed by atoms with Gasteiger partial charge in [-0.1, -0.05) is 42.0 Å². The summed E-state index contributed by atoms with van der Waals surface area (Å²) >= 11 is 0. The molecule has 0 atom stereocenters. The molecule has 4 rings (SSSR count). The average Bonchev–Trinajstić information content (AvgIpc) is 2.69. The van der Waals surface area contributed by atoms with Gasteiger partial charge in [0.25, 0.3) is 10.0 Å². The van der Waals surface area contributed by atoms with Gasteiger partial charge < -0.3 is 5.73 Å². The normalized spacial score (nSPS) is 13.0. The summed E-state index contributed by atoms with van der Waals surface area (Å²) in [6.07, 6.45) is 0. The van der Waals surface area contributed by atoms with Gasteiger partial charge in [0.1, 0.15) is 0 Å². The third-order valence-electron chi connectivity index (χ3n) is 5.02. The number of nitrogens with two attached hydrogens (primary N) is 1. The van der Waals surface area contributed by atoms with E-state index in [4.69, 9.17) is 5.73 Å². The van der Waals surface area contributed by atoms with Gasteiger partial charge in [0.2, 0.25) is 0 Å². The SMILES string of the molecule is Cc1ccc(S(=O)(=O)Nc2cc(C)c(N)c3c2C(=O)c2ccccc2C3=O)cc1. The lowest BCUT2D eigenvalue weighted by atomic mass is 9.81. The molecule has 1 aliphatic rings. The molecule has 0 amide bonds. The third kappa shape index (κ3) is 3.00. The molecule has 7 heteroatoms. The standard InChI is InChI=1S/C22H18N2O4S/c1-12-7-9-14(10-8-12)29(27,28)24-17-11-13(2)20(23)19-18(17)21(25)15-5-3-4-6-16(15)22(19)26/h3-11,24H,23H2,1-2H3. The molecule has 0 spiro atoms. The van der Waals surface area contributed by atoms with Crippen molar-refractivity contribution in [3.63, 3.8) is 0 Å². The maximum Gasteiger partial charge on any atom is 0.261 e. The molecule has 6 nitrogen and oxygen atoms in total. The van der Waals surface area contributed by atoms with Gasteiger partial charge in [0, 0.05) is 16.8 Å². The maximum absolute atomic E-state index is 13.2. The zero-order valence-corrected chi connectivity index (χ0v) is 16.6. The quantitative estimate of drug-likeness (QED) is 0.507. The van der Waals surface area contributed by atoms with E-state index in [0.717, 1.165) is 5.56 Å². The molecule has 0 fully saturated rings. The Bertz CT molecular complexity index is 1290. The number of carbonyl (C=O) groups is 2. The predicted octanol–water partition coefficient (Wildman–Crippen LogP) is 3.46. The van der Waals surface area contributed by atoms with E-state index < -0.39 is 21.6 Å². The molecule has 0 heterocycles. The molecule has 0 radical (unpaired) electrons. The molecule has 29 heavy (non-hydrogen) atoms. The molecule has 0 bridgehead atoms. The Hall–Kier alpha value is -3.45. The Morgan fingerprint density at radius 2 is 1.38 bits per heavy atom. The van der Waals surface area contributed by atoms with Crippen LogP contribution in [0.2, 0.25) is 0 Å². The van der Waals surface area contributed by atoms with E-state index in [2.05, 4.69) is 4.72 Å². The van der Waals surface area contributed by atoms with Crippen LogP contribution < -0.4 is 10.5 Å². The molecule has 0 saturated carbocycles. The first-order valence-corrected chi connectivity index (χ1v) is 10.4. The van der Waals surface area contributed by atoms with E-state index in [1.807, 2.05) is 6.92 Å². The summed E-state index contributed by atoms with van der Waals surface area (Å²) in [4.78, 5) is 26.3. The van der Waals surface area contributed by atoms with Gasteiger partial charge in [-0.05, 0) is 37.6 Å². The van der Waals surface area contributed by atoms with Gasteiger partial charge in [-0.2, -0.15) is 0 Å². The van der Waals surface area contributed by atoms with E-state index in [1.54, 1.807) is 43.3 Å². The predicted molar refractivity (Wildman–Crippen MR) is 111 cm³/mol. The molecule has 0 aliphatic heterocycles. The van der Waals surface area contributed by atoms with Crippen LogP contribution in [0.5, 0.6) is 0 Å². The lowest BCUT2D eigenvalue weighted by Gasteiger charge is -2.23. The second kappa shape index (κ2) is 6.56. The van der Waals surface area contributed by atoms with Crippen LogP contribution in [-0.4, -0.2) is 20.0 Å². The summed E-state index contributed by atoms with van der Waals surface area (Å²) in [5.41, 5.74) is 8.26. The number of fused-ring (bicyclic) bond motifs is 2. The Balaban J connectivity index is 1.91. The minimum Gasteiger partial charge on any atom is -0.398 e. The van der Waals surface area contributed by atoms with E-state index in [9.17, 15) is 18.0 Å². The number of sulfonamides is 1. The lowest BCUT2D eigenvalue weighted by Crippen LogP contribution is -2.25. The van der Waals surface area contributed by atoms with Gasteiger partial charge >= 0.3 is 0 Å². The number of nitrogens with one attached hydrogen (secondary N) is 1. The van der Waals surface area contributed by atoms with Crippen LogP contribution in [0, 0.1) is 13.8 Å². The number of hydrogen-bond acceptors (Lipinski definition) is 5. The topological polar surface area (TPSA) is 106 Å². The average molecular weight is 406 g/mol. The molecule has 0 saturated heterocycles. The zero-order chi connectivity index (χ0) is 20.9. The summed E-state index contributed by atoms with van der Waals surface area (Å²) in [6, 6.07) is 14.3. The first-order chi connectivity index (χ1) is 13.7. The molecule has 3 N–H and O–H groups in total. The fraction of sp³-hybridized carbons (Fsp3) is 0.0909. The molecule has 1 aliphatic carbocycles. The molecule has 3 aromatic carbocycles. The second-order valence-electron chi connectivity index (χ2n) is 7.03. The van der Waals surface area contributed by atoms with Crippen LogP contribution >= 0.6 is 0 Å². The number of anilines is 2. The molecular weight excluding hydrogens is 388 g/mol.